The molecular formula is C15H13N5O. The Morgan fingerprint density at radius 2 is 1.57 bits per heavy atom. The Kier molecular flexibility index (Phi) is 3.34. The first kappa shape index (κ1) is 12.9. The Labute approximate surface area is 120 Å². The monoisotopic (exact) mass is 279 g/mol. The van der Waals surface area contributed by atoms with E-state index < -0.39 is 0 Å². The van der Waals surface area contributed by atoms with Gasteiger partial charge in [0.05, 0.1) is 11.4 Å². The summed E-state index contributed by atoms with van der Waals surface area (Å²) < 4.78 is 0. The second kappa shape index (κ2) is 5.46. The zero-order valence-electron chi connectivity index (χ0n) is 11.1. The highest BCUT2D eigenvalue weighted by atomic mass is 16.1. The van der Waals surface area contributed by atoms with Gasteiger partial charge in [0, 0.05) is 11.3 Å². The highest BCUT2D eigenvalue weighted by Gasteiger charge is 2.11. The maximum atomic E-state index is 11.8. The maximum Gasteiger partial charge on any atom is 0.292 e. The molecule has 0 bridgehead atoms. The van der Waals surface area contributed by atoms with E-state index in [4.69, 9.17) is 5.73 Å². The number of hydrogen-bond acceptors (Lipinski definition) is 4. The third-order valence-corrected chi connectivity index (χ3v) is 2.97. The summed E-state index contributed by atoms with van der Waals surface area (Å²) in [5.41, 5.74) is 8.31. The smallest absolute Gasteiger partial charge is 0.292 e. The second-order valence-corrected chi connectivity index (χ2v) is 4.46. The zero-order valence-corrected chi connectivity index (χ0v) is 11.1. The molecule has 0 atom stereocenters. The molecule has 0 aliphatic heterocycles. The summed E-state index contributed by atoms with van der Waals surface area (Å²) in [6.45, 7) is 0. The number of H-pyrrole nitrogens is 2. The minimum Gasteiger partial charge on any atom is -0.399 e. The maximum absolute atomic E-state index is 11.8. The Bertz CT molecular complexity index is 815. The molecule has 21 heavy (non-hydrogen) atoms. The number of hydrogen-bond donors (Lipinski definition) is 3. The van der Waals surface area contributed by atoms with Gasteiger partial charge in [-0.3, -0.25) is 15.0 Å². The van der Waals surface area contributed by atoms with E-state index in [2.05, 4.69) is 20.4 Å². The third kappa shape index (κ3) is 2.74. The molecule has 1 aromatic heterocycles. The molecule has 0 aliphatic rings. The molecule has 6 heteroatoms. The quantitative estimate of drug-likeness (QED) is 0.506. The van der Waals surface area contributed by atoms with Gasteiger partial charge in [0.25, 0.3) is 5.56 Å². The highest BCUT2D eigenvalue weighted by molar-refractivity contribution is 5.72. The van der Waals surface area contributed by atoms with Crippen LogP contribution < -0.4 is 11.3 Å². The summed E-state index contributed by atoms with van der Waals surface area (Å²) in [7, 11) is 0. The van der Waals surface area contributed by atoms with Crippen LogP contribution in [0.5, 0.6) is 0 Å². The Balaban J connectivity index is 2.00. The first-order valence-corrected chi connectivity index (χ1v) is 6.37. The van der Waals surface area contributed by atoms with Crippen LogP contribution >= 0.6 is 0 Å². The highest BCUT2D eigenvalue weighted by Crippen LogP contribution is 2.26. The molecule has 1 heterocycles. The van der Waals surface area contributed by atoms with Crippen molar-refractivity contribution in [1.29, 1.82) is 0 Å². The number of anilines is 1. The van der Waals surface area contributed by atoms with Crippen molar-refractivity contribution in [2.75, 3.05) is 5.73 Å². The molecule has 6 nitrogen and oxygen atoms in total. The molecule has 0 spiro atoms. The Morgan fingerprint density at radius 3 is 2.29 bits per heavy atom. The minimum absolute atomic E-state index is 0.239. The van der Waals surface area contributed by atoms with Gasteiger partial charge in [-0.15, -0.1) is 5.11 Å². The van der Waals surface area contributed by atoms with Gasteiger partial charge in [-0.2, -0.15) is 5.11 Å². The summed E-state index contributed by atoms with van der Waals surface area (Å²) in [6.07, 6.45) is 0. The van der Waals surface area contributed by atoms with Gasteiger partial charge in [-0.25, -0.2) is 0 Å². The fraction of sp³-hybridized carbons (Fsp3) is 0. The molecule has 0 aliphatic carbocycles. The van der Waals surface area contributed by atoms with Gasteiger partial charge in [0.15, 0.2) is 5.69 Å². The molecular weight excluding hydrogens is 266 g/mol. The number of aromatic nitrogens is 2. The predicted octanol–water partition coefficient (Wildman–Crippen LogP) is 3.37. The molecule has 0 saturated carbocycles. The molecule has 0 radical (unpaired) electrons. The van der Waals surface area contributed by atoms with E-state index >= 15 is 0 Å². The van der Waals surface area contributed by atoms with Crippen molar-refractivity contribution in [2.24, 2.45) is 10.2 Å². The van der Waals surface area contributed by atoms with E-state index in [-0.39, 0.29) is 11.2 Å². The topological polar surface area (TPSA) is 99.4 Å². The largest absolute Gasteiger partial charge is 0.399 e. The number of azo groups is 1. The third-order valence-electron chi connectivity index (χ3n) is 2.97. The molecule has 0 unspecified atom stereocenters. The summed E-state index contributed by atoms with van der Waals surface area (Å²) in [5, 5.41) is 13.5. The van der Waals surface area contributed by atoms with Gasteiger partial charge in [0.2, 0.25) is 0 Å². The van der Waals surface area contributed by atoms with Crippen LogP contribution in [0.1, 0.15) is 0 Å². The summed E-state index contributed by atoms with van der Waals surface area (Å²) in [5.74, 6) is 0. The first-order valence-electron chi connectivity index (χ1n) is 6.37. The molecule has 0 saturated heterocycles. The number of rotatable bonds is 3. The van der Waals surface area contributed by atoms with Crippen LogP contribution in [0.3, 0.4) is 0 Å². The lowest BCUT2D eigenvalue weighted by Crippen LogP contribution is -1.96. The Morgan fingerprint density at radius 1 is 0.857 bits per heavy atom. The van der Waals surface area contributed by atoms with Crippen molar-refractivity contribution in [2.45, 2.75) is 0 Å². The molecule has 3 aromatic rings. The molecule has 4 N–H and O–H groups in total. The second-order valence-electron chi connectivity index (χ2n) is 4.46. The van der Waals surface area contributed by atoms with Crippen molar-refractivity contribution in [3.63, 3.8) is 0 Å². The summed E-state index contributed by atoms with van der Waals surface area (Å²) in [6, 6.07) is 16.4. The standard InChI is InChI=1S/C15H13N5O/c16-11-8-6-10(7-9-11)13-14(15(21)20-18-13)19-17-12-4-2-1-3-5-12/h1-9H,16H2,(H2,18,20,21). The number of nitrogens with one attached hydrogen (secondary N) is 2. The van der Waals surface area contributed by atoms with Crippen LogP contribution in [0.4, 0.5) is 17.1 Å². The van der Waals surface area contributed by atoms with E-state index in [9.17, 15) is 4.79 Å². The average Bonchev–Trinajstić information content (AvgIpc) is 2.88. The van der Waals surface area contributed by atoms with Gasteiger partial charge < -0.3 is 5.73 Å². The lowest BCUT2D eigenvalue weighted by atomic mass is 10.1. The lowest BCUT2D eigenvalue weighted by molar-refractivity contribution is 1.06. The van der Waals surface area contributed by atoms with Crippen LogP contribution in [0.25, 0.3) is 11.3 Å². The fourth-order valence-electron chi connectivity index (χ4n) is 1.91. The van der Waals surface area contributed by atoms with Crippen LogP contribution in [0.2, 0.25) is 0 Å². The average molecular weight is 279 g/mol. The van der Waals surface area contributed by atoms with Crippen molar-refractivity contribution in [1.82, 2.24) is 10.2 Å². The molecule has 0 amide bonds. The molecule has 0 fully saturated rings. The Hall–Kier alpha value is -3.15. The molecule has 104 valence electrons. The van der Waals surface area contributed by atoms with Gasteiger partial charge >= 0.3 is 0 Å². The normalized spacial score (nSPS) is 11.0. The molecule has 2 aromatic carbocycles. The number of nitrogens with two attached hydrogens (primary N) is 1. The predicted molar refractivity (Wildman–Crippen MR) is 81.9 cm³/mol. The van der Waals surface area contributed by atoms with Gasteiger partial charge in [0.1, 0.15) is 0 Å². The minimum atomic E-state index is -0.318. The van der Waals surface area contributed by atoms with Crippen molar-refractivity contribution in [3.8, 4) is 11.3 Å². The zero-order chi connectivity index (χ0) is 14.7. The van der Waals surface area contributed by atoms with E-state index in [1.165, 1.54) is 0 Å². The van der Waals surface area contributed by atoms with Crippen LogP contribution in [0, 0.1) is 0 Å². The summed E-state index contributed by atoms with van der Waals surface area (Å²) >= 11 is 0. The van der Waals surface area contributed by atoms with Crippen molar-refractivity contribution >= 4 is 17.1 Å². The van der Waals surface area contributed by atoms with Crippen molar-refractivity contribution < 1.29 is 0 Å². The number of nitrogens with zero attached hydrogens (tertiary/aromatic N) is 2. The van der Waals surface area contributed by atoms with Crippen LogP contribution in [0.15, 0.2) is 69.6 Å². The van der Waals surface area contributed by atoms with Crippen LogP contribution in [-0.2, 0) is 0 Å². The summed E-state index contributed by atoms with van der Waals surface area (Å²) in [4.78, 5) is 11.8. The number of benzene rings is 2. The van der Waals surface area contributed by atoms with Crippen LogP contribution in [-0.4, -0.2) is 10.2 Å². The van der Waals surface area contributed by atoms with E-state index in [1.54, 1.807) is 12.1 Å². The number of aromatic amines is 2. The van der Waals surface area contributed by atoms with E-state index in [0.29, 0.717) is 17.1 Å². The SMILES string of the molecule is Nc1ccc(-c2[nH][nH]c(=O)c2N=Nc2ccccc2)cc1. The van der Waals surface area contributed by atoms with Gasteiger partial charge in [-0.1, -0.05) is 30.3 Å². The van der Waals surface area contributed by atoms with Gasteiger partial charge in [-0.05, 0) is 24.3 Å². The first-order chi connectivity index (χ1) is 10.2. The van der Waals surface area contributed by atoms with E-state index in [1.807, 2.05) is 42.5 Å². The lowest BCUT2D eigenvalue weighted by Gasteiger charge is -1.99. The number of nitrogen functional groups attached to an aromatic ring is 1. The molecule has 3 rings (SSSR count). The fourth-order valence-corrected chi connectivity index (χ4v) is 1.91. The van der Waals surface area contributed by atoms with Crippen molar-refractivity contribution in [3.05, 3.63) is 65.0 Å². The van der Waals surface area contributed by atoms with E-state index in [0.717, 1.165) is 5.56 Å².